The summed E-state index contributed by atoms with van der Waals surface area (Å²) in [4.78, 5) is 16.6. The van der Waals surface area contributed by atoms with Gasteiger partial charge in [-0.25, -0.2) is 0 Å². The smallest absolute Gasteiger partial charge is 0.226 e. The zero-order valence-electron chi connectivity index (χ0n) is 17.8. The number of benzene rings is 1. The molecule has 1 fully saturated rings. The SMILES string of the molecule is C=CCOc1cc(C)c2c(c1C)[C@H](O)[C@H]([C@H](C)C(=O)N1CC[NH+](C)CC1)CC2. The minimum atomic E-state index is -0.633. The summed E-state index contributed by atoms with van der Waals surface area (Å²) in [5.41, 5.74) is 4.33. The van der Waals surface area contributed by atoms with Gasteiger partial charge in [0, 0.05) is 11.8 Å². The summed E-state index contributed by atoms with van der Waals surface area (Å²) >= 11 is 0. The first-order valence-electron chi connectivity index (χ1n) is 10.5. The zero-order valence-corrected chi connectivity index (χ0v) is 17.8. The topological polar surface area (TPSA) is 54.2 Å². The predicted molar refractivity (Wildman–Crippen MR) is 111 cm³/mol. The van der Waals surface area contributed by atoms with E-state index in [1.807, 2.05) is 18.7 Å². The van der Waals surface area contributed by atoms with Crippen molar-refractivity contribution >= 4 is 5.91 Å². The standard InChI is InChI=1S/C23H34N2O3/c1-6-13-28-20-14-15(2)18-7-8-19(22(26)21(18)17(20)4)16(3)23(27)25-11-9-24(5)10-12-25/h6,14,16,19,22,26H,1,7-13H2,2-5H3/p+1/t16-,19-,22+/m0/s1. The predicted octanol–water partition coefficient (Wildman–Crippen LogP) is 1.46. The lowest BCUT2D eigenvalue weighted by molar-refractivity contribution is -0.883. The van der Waals surface area contributed by atoms with Crippen LogP contribution in [0.2, 0.25) is 0 Å². The van der Waals surface area contributed by atoms with Gasteiger partial charge in [-0.05, 0) is 55.0 Å². The fourth-order valence-corrected chi connectivity index (χ4v) is 4.78. The summed E-state index contributed by atoms with van der Waals surface area (Å²) < 4.78 is 5.82. The highest BCUT2D eigenvalue weighted by molar-refractivity contribution is 5.79. The number of amides is 1. The fraction of sp³-hybridized carbons (Fsp3) is 0.609. The van der Waals surface area contributed by atoms with E-state index in [0.717, 1.165) is 61.5 Å². The first kappa shape index (κ1) is 20.9. The van der Waals surface area contributed by atoms with Gasteiger partial charge >= 0.3 is 0 Å². The number of quaternary nitrogens is 1. The average molecular weight is 388 g/mol. The molecule has 2 N–H and O–H groups in total. The van der Waals surface area contributed by atoms with Crippen molar-refractivity contribution in [2.24, 2.45) is 11.8 Å². The van der Waals surface area contributed by atoms with Crippen molar-refractivity contribution in [3.8, 4) is 5.75 Å². The lowest BCUT2D eigenvalue weighted by Gasteiger charge is -2.38. The Kier molecular flexibility index (Phi) is 6.46. The summed E-state index contributed by atoms with van der Waals surface area (Å²) in [7, 11) is 2.17. The molecule has 154 valence electrons. The number of aliphatic hydroxyl groups excluding tert-OH is 1. The Morgan fingerprint density at radius 3 is 2.75 bits per heavy atom. The van der Waals surface area contributed by atoms with E-state index in [9.17, 15) is 9.90 Å². The van der Waals surface area contributed by atoms with Crippen LogP contribution in [0.1, 0.15) is 41.7 Å². The van der Waals surface area contributed by atoms with Crippen molar-refractivity contribution < 1.29 is 19.5 Å². The lowest BCUT2D eigenvalue weighted by Crippen LogP contribution is -3.12. The van der Waals surface area contributed by atoms with Crippen LogP contribution in [0.5, 0.6) is 5.75 Å². The van der Waals surface area contributed by atoms with Crippen LogP contribution in [-0.4, -0.2) is 55.7 Å². The second kappa shape index (κ2) is 8.66. The normalized spacial score (nSPS) is 23.8. The van der Waals surface area contributed by atoms with Gasteiger partial charge in [0.05, 0.1) is 39.3 Å². The minimum Gasteiger partial charge on any atom is -0.489 e. The van der Waals surface area contributed by atoms with Crippen LogP contribution in [0.15, 0.2) is 18.7 Å². The van der Waals surface area contributed by atoms with Crippen LogP contribution < -0.4 is 9.64 Å². The van der Waals surface area contributed by atoms with Crippen LogP contribution in [0.25, 0.3) is 0 Å². The van der Waals surface area contributed by atoms with E-state index in [1.165, 1.54) is 10.5 Å². The number of fused-ring (bicyclic) bond motifs is 1. The molecule has 3 atom stereocenters. The largest absolute Gasteiger partial charge is 0.489 e. The van der Waals surface area contributed by atoms with Gasteiger partial charge in [0.1, 0.15) is 12.4 Å². The molecule has 1 aliphatic heterocycles. The molecule has 1 aliphatic carbocycles. The number of nitrogens with zero attached hydrogens (tertiary/aromatic N) is 1. The van der Waals surface area contributed by atoms with Gasteiger partial charge in [0.15, 0.2) is 0 Å². The molecule has 1 aromatic rings. The third kappa shape index (κ3) is 3.96. The Labute approximate surface area is 169 Å². The third-order valence-electron chi connectivity index (χ3n) is 6.67. The molecule has 5 nitrogen and oxygen atoms in total. The average Bonchev–Trinajstić information content (AvgIpc) is 2.69. The van der Waals surface area contributed by atoms with E-state index in [4.69, 9.17) is 4.74 Å². The van der Waals surface area contributed by atoms with Gasteiger partial charge in [-0.15, -0.1) is 0 Å². The third-order valence-corrected chi connectivity index (χ3v) is 6.67. The highest BCUT2D eigenvalue weighted by Gasteiger charge is 2.39. The van der Waals surface area contributed by atoms with Crippen molar-refractivity contribution in [3.05, 3.63) is 41.0 Å². The van der Waals surface area contributed by atoms with Gasteiger partial charge in [-0.2, -0.15) is 0 Å². The molecule has 0 aromatic heterocycles. The Morgan fingerprint density at radius 1 is 1.43 bits per heavy atom. The highest BCUT2D eigenvalue weighted by atomic mass is 16.5. The quantitative estimate of drug-likeness (QED) is 0.752. The maximum absolute atomic E-state index is 13.1. The van der Waals surface area contributed by atoms with E-state index < -0.39 is 6.10 Å². The molecule has 5 heteroatoms. The monoisotopic (exact) mass is 387 g/mol. The van der Waals surface area contributed by atoms with Gasteiger partial charge in [-0.1, -0.05) is 19.6 Å². The number of nitrogens with one attached hydrogen (secondary N) is 1. The maximum Gasteiger partial charge on any atom is 0.226 e. The van der Waals surface area contributed by atoms with Gasteiger partial charge in [0.25, 0.3) is 0 Å². The number of piperazine rings is 1. The number of hydrogen-bond acceptors (Lipinski definition) is 3. The van der Waals surface area contributed by atoms with Crippen molar-refractivity contribution in [2.75, 3.05) is 39.8 Å². The molecule has 3 rings (SSSR count). The second-order valence-electron chi connectivity index (χ2n) is 8.53. The van der Waals surface area contributed by atoms with E-state index in [-0.39, 0.29) is 17.7 Å². The molecular formula is C23H35N2O3+. The van der Waals surface area contributed by atoms with Crippen LogP contribution in [-0.2, 0) is 11.2 Å². The molecule has 1 aromatic carbocycles. The van der Waals surface area contributed by atoms with Gasteiger partial charge in [0.2, 0.25) is 5.91 Å². The summed E-state index contributed by atoms with van der Waals surface area (Å²) in [5, 5.41) is 11.3. The molecule has 0 saturated carbocycles. The van der Waals surface area contributed by atoms with Crippen molar-refractivity contribution in [3.63, 3.8) is 0 Å². The zero-order chi connectivity index (χ0) is 20.4. The number of carbonyl (C=O) groups excluding carboxylic acids is 1. The summed E-state index contributed by atoms with van der Waals surface area (Å²) in [6.07, 6.45) is 2.83. The molecule has 0 spiro atoms. The number of aliphatic hydroxyl groups is 1. The van der Waals surface area contributed by atoms with E-state index in [2.05, 4.69) is 26.6 Å². The first-order valence-corrected chi connectivity index (χ1v) is 10.5. The van der Waals surface area contributed by atoms with Crippen LogP contribution in [0.4, 0.5) is 0 Å². The van der Waals surface area contributed by atoms with Crippen molar-refractivity contribution in [2.45, 2.75) is 39.7 Å². The van der Waals surface area contributed by atoms with E-state index in [0.29, 0.717) is 6.61 Å². The number of carbonyl (C=O) groups is 1. The minimum absolute atomic E-state index is 0.0558. The van der Waals surface area contributed by atoms with Crippen LogP contribution in [0, 0.1) is 25.7 Å². The summed E-state index contributed by atoms with van der Waals surface area (Å²) in [6.45, 7) is 13.9. The molecular weight excluding hydrogens is 352 g/mol. The Hall–Kier alpha value is -1.85. The maximum atomic E-state index is 13.1. The fourth-order valence-electron chi connectivity index (χ4n) is 4.78. The van der Waals surface area contributed by atoms with E-state index in [1.54, 1.807) is 6.08 Å². The number of hydrogen-bond donors (Lipinski definition) is 2. The lowest BCUT2D eigenvalue weighted by atomic mass is 9.72. The molecule has 28 heavy (non-hydrogen) atoms. The Morgan fingerprint density at radius 2 is 2.11 bits per heavy atom. The van der Waals surface area contributed by atoms with Crippen molar-refractivity contribution in [1.29, 1.82) is 0 Å². The van der Waals surface area contributed by atoms with Crippen molar-refractivity contribution in [1.82, 2.24) is 4.90 Å². The summed E-state index contributed by atoms with van der Waals surface area (Å²) in [5.74, 6) is 0.754. The Balaban J connectivity index is 1.83. The molecule has 1 heterocycles. The van der Waals surface area contributed by atoms with Crippen LogP contribution >= 0.6 is 0 Å². The van der Waals surface area contributed by atoms with Gasteiger partial charge in [-0.3, -0.25) is 4.79 Å². The highest BCUT2D eigenvalue weighted by Crippen LogP contribution is 2.44. The number of aryl methyl sites for hydroxylation is 1. The summed E-state index contributed by atoms with van der Waals surface area (Å²) in [6, 6.07) is 2.06. The van der Waals surface area contributed by atoms with Crippen LogP contribution in [0.3, 0.4) is 0 Å². The van der Waals surface area contributed by atoms with E-state index >= 15 is 0 Å². The number of rotatable bonds is 5. The molecule has 0 radical (unpaired) electrons. The second-order valence-corrected chi connectivity index (χ2v) is 8.53. The first-order chi connectivity index (χ1) is 13.3. The molecule has 2 aliphatic rings. The Bertz CT molecular complexity index is 738. The van der Waals surface area contributed by atoms with Gasteiger partial charge < -0.3 is 19.6 Å². The number of ether oxygens (including phenoxy) is 1. The number of likely N-dealkylation sites (N-methyl/N-ethyl adjacent to an activating group) is 1. The molecule has 0 bridgehead atoms. The molecule has 1 saturated heterocycles. The molecule has 1 amide bonds. The molecule has 0 unspecified atom stereocenters.